The largest absolute Gasteiger partial charge is 0.497 e. The van der Waals surface area contributed by atoms with Crippen LogP contribution in [0.1, 0.15) is 132 Å². The third-order valence-corrected chi connectivity index (χ3v) is 22.5. The number of methoxy groups -OCH3 is 2. The Hall–Kier alpha value is -11.5. The van der Waals surface area contributed by atoms with Crippen LogP contribution in [-0.4, -0.2) is 198 Å². The van der Waals surface area contributed by atoms with Gasteiger partial charge in [0.2, 0.25) is 0 Å². The first-order valence-electron chi connectivity index (χ1n) is 41.0. The van der Waals surface area contributed by atoms with Crippen LogP contribution in [0.3, 0.4) is 0 Å². The average molecular weight is 1820 g/mol. The van der Waals surface area contributed by atoms with Crippen LogP contribution >= 0.6 is 62.3 Å². The molecule has 13 aromatic rings. The maximum Gasteiger partial charge on any atom is 0.311 e. The number of carbonyl (C=O) groups is 5. The SMILES string of the molecule is CCOC(=O)Cc1cn2c(Br)cnc(N3CCCCC3)c2n1.CCOC(=O)Cc1cn2ccnc(Cl)c2n1.CCOC(=O)Cc1cn2ccnc(N3CCCCC3)c2n1.COc1ccc(-c2cnc(N3CCCCC3)c3nc(CC(=O)Cc4ccc(Cl)nc4N)cn23)c(Cl)c1.COc1ccc(-c2cnc(N3CCCCC3)c3nc(CC(=O)O)cn23)c(Cl)c1. The van der Waals surface area contributed by atoms with Crippen molar-refractivity contribution >= 4 is 149 Å². The molecule has 2 aromatic carbocycles. The number of carboxylic acids is 1. The molecule has 0 bridgehead atoms. The van der Waals surface area contributed by atoms with Crippen LogP contribution in [0.15, 0.2) is 127 Å². The summed E-state index contributed by atoms with van der Waals surface area (Å²) in [5, 5.41) is 10.9. The lowest BCUT2D eigenvalue weighted by molar-refractivity contribution is -0.143. The van der Waals surface area contributed by atoms with E-state index in [1.165, 1.54) is 51.4 Å². The van der Waals surface area contributed by atoms with Gasteiger partial charge >= 0.3 is 23.9 Å². The topological polar surface area (TPSA) is 355 Å². The fourth-order valence-corrected chi connectivity index (χ4v) is 16.3. The van der Waals surface area contributed by atoms with Crippen molar-refractivity contribution in [1.82, 2.24) is 76.8 Å². The van der Waals surface area contributed by atoms with Crippen molar-refractivity contribution in [3.63, 3.8) is 0 Å². The summed E-state index contributed by atoms with van der Waals surface area (Å²) < 4.78 is 35.6. The summed E-state index contributed by atoms with van der Waals surface area (Å²) in [5.74, 6) is 3.26. The molecule has 0 atom stereocenters. The molecule has 32 nitrogen and oxygen atoms in total. The summed E-state index contributed by atoms with van der Waals surface area (Å²) in [7, 11) is 3.19. The third-order valence-electron chi connectivity index (χ3n) is 20.8. The molecule has 11 aromatic heterocycles. The monoisotopic (exact) mass is 1820 g/mol. The van der Waals surface area contributed by atoms with E-state index in [0.29, 0.717) is 97.0 Å². The lowest BCUT2D eigenvalue weighted by Crippen LogP contribution is -2.30. The average Bonchev–Trinajstić information content (AvgIpc) is 1.65. The second kappa shape index (κ2) is 42.5. The number of pyridine rings is 1. The first-order chi connectivity index (χ1) is 59.6. The van der Waals surface area contributed by atoms with E-state index in [9.17, 15) is 29.1 Å². The highest BCUT2D eigenvalue weighted by Gasteiger charge is 2.27. The van der Waals surface area contributed by atoms with Crippen LogP contribution in [0.25, 0.3) is 50.8 Å². The second-order valence-corrected chi connectivity index (χ2v) is 31.9. The summed E-state index contributed by atoms with van der Waals surface area (Å²) in [5.41, 5.74) is 16.4. The number of nitrogens with zero attached hydrogens (tertiary/aromatic N) is 20. The van der Waals surface area contributed by atoms with Gasteiger partial charge in [0.1, 0.15) is 32.9 Å². The summed E-state index contributed by atoms with van der Waals surface area (Å²) in [6.07, 6.45) is 36.3. The Bertz CT molecular complexity index is 5900. The van der Waals surface area contributed by atoms with E-state index in [4.69, 9.17) is 85.8 Å². The quantitative estimate of drug-likeness (QED) is 0.0341. The maximum atomic E-state index is 12.9. The van der Waals surface area contributed by atoms with E-state index in [1.54, 1.807) is 107 Å². The van der Waals surface area contributed by atoms with Crippen LogP contribution < -0.4 is 34.8 Å². The Morgan fingerprint density at radius 2 is 0.813 bits per heavy atom. The van der Waals surface area contributed by atoms with E-state index in [1.807, 2.05) is 72.9 Å². The van der Waals surface area contributed by atoms with Crippen molar-refractivity contribution in [2.45, 2.75) is 136 Å². The number of fused-ring (bicyclic) bond motifs is 5. The maximum absolute atomic E-state index is 12.9. The highest BCUT2D eigenvalue weighted by molar-refractivity contribution is 9.10. The zero-order valence-electron chi connectivity index (χ0n) is 69.0. The number of carboxylic acid groups (broad SMARTS) is 1. The van der Waals surface area contributed by atoms with Crippen LogP contribution in [-0.2, 0) is 76.7 Å². The van der Waals surface area contributed by atoms with Crippen LogP contribution in [0.4, 0.5) is 29.1 Å². The Morgan fingerprint density at radius 1 is 0.431 bits per heavy atom. The minimum atomic E-state index is -0.917. The number of aliphatic carboxylic acids is 1. The number of hydrogen-bond donors (Lipinski definition) is 2. The number of ketones is 1. The molecule has 0 aliphatic carbocycles. The number of hydrogen-bond acceptors (Lipinski definition) is 26. The molecule has 0 unspecified atom stereocenters. The highest BCUT2D eigenvalue weighted by atomic mass is 79.9. The van der Waals surface area contributed by atoms with Crippen LogP contribution in [0.2, 0.25) is 20.4 Å². The molecule has 0 spiro atoms. The molecule has 0 radical (unpaired) electrons. The molecule has 0 saturated carbocycles. The molecule has 0 amide bonds. The van der Waals surface area contributed by atoms with Crippen molar-refractivity contribution in [2.75, 3.05) is 112 Å². The van der Waals surface area contributed by atoms with Gasteiger partial charge in [0.15, 0.2) is 56.7 Å². The van der Waals surface area contributed by atoms with Crippen molar-refractivity contribution in [3.8, 4) is 34.0 Å². The van der Waals surface area contributed by atoms with Gasteiger partial charge in [-0.25, -0.2) is 54.8 Å². The zero-order valence-corrected chi connectivity index (χ0v) is 73.6. The standard InChI is InChI=1S/C26H26Cl2N6O2.C20H21ClN4O3.C15H19BrN4O2.C15H20N4O2.C10H10ClN3O2/c1-36-19-6-7-20(21(27)13-19)22-14-30-25(33-9-3-2-4-10-33)26-31-17(15-34(22)26)12-18(35)11-16-5-8-23(28)32-24(16)29;1-28-14-5-6-15(16(21)10-14)17-11-22-19(24-7-3-2-4-8-24)20-23-13(9-18(26)27)12-25(17)20;1-2-22-13(21)8-11-10-20-12(16)9-17-14(15(20)18-11)19-6-4-3-5-7-19;1-2-21-13(20)10-12-11-19-9-6-16-14(15(19)17-12)18-7-4-3-5-8-18;1-2-16-8(15)5-7-6-14-4-3-12-9(11)10(14)13-7/h5-8,13-15H,2-4,9-12H2,1H3,(H2,29,32);5-6,10-12H,2-4,7-9H2,1H3,(H,26,27);9-10H,2-8H2,1H3;6,9,11H,2-5,7-8,10H2,1H3;3-4,6H,2,5H2,1H3. The fourth-order valence-electron chi connectivity index (χ4n) is 15.0. The Balaban J connectivity index is 0.000000136. The van der Waals surface area contributed by atoms with Crippen molar-refractivity contribution in [2.24, 2.45) is 0 Å². The number of rotatable bonds is 23. The number of aromatic nitrogens is 16. The smallest absolute Gasteiger partial charge is 0.311 e. The van der Waals surface area contributed by atoms with Crippen molar-refractivity contribution in [1.29, 1.82) is 0 Å². The minimum Gasteiger partial charge on any atom is -0.497 e. The molecular formula is C86H96BrCl4N21O11. The summed E-state index contributed by atoms with van der Waals surface area (Å²) in [4.78, 5) is 117. The Kier molecular flexibility index (Phi) is 30.8. The Labute approximate surface area is 738 Å². The molecule has 4 aliphatic heterocycles. The van der Waals surface area contributed by atoms with Gasteiger partial charge in [-0.15, -0.1) is 0 Å². The predicted molar refractivity (Wildman–Crippen MR) is 474 cm³/mol. The molecule has 4 fully saturated rings. The number of halogens is 5. The first-order valence-corrected chi connectivity index (χ1v) is 43.3. The number of esters is 3. The number of nitrogen functional groups attached to an aromatic ring is 1. The van der Waals surface area contributed by atoms with Gasteiger partial charge in [-0.3, -0.25) is 37.2 Å². The summed E-state index contributed by atoms with van der Waals surface area (Å²) in [6.45, 7) is 14.3. The Morgan fingerprint density at radius 3 is 1.24 bits per heavy atom. The van der Waals surface area contributed by atoms with Gasteiger partial charge in [0.25, 0.3) is 0 Å². The zero-order chi connectivity index (χ0) is 86.6. The second-order valence-electron chi connectivity index (χ2n) is 29.5. The molecule has 123 heavy (non-hydrogen) atoms. The minimum absolute atomic E-state index is 0.0225. The fraction of sp³-hybridized carbons (Fsp3) is 0.395. The number of carbonyl (C=O) groups excluding carboxylic acids is 4. The van der Waals surface area contributed by atoms with Gasteiger partial charge in [-0.05, 0) is 156 Å². The predicted octanol–water partition coefficient (Wildman–Crippen LogP) is 14.6. The molecule has 37 heteroatoms. The van der Waals surface area contributed by atoms with Crippen molar-refractivity contribution < 1.29 is 52.8 Å². The van der Waals surface area contributed by atoms with E-state index >= 15 is 0 Å². The van der Waals surface area contributed by atoms with Gasteiger partial charge in [-0.1, -0.05) is 52.5 Å². The van der Waals surface area contributed by atoms with E-state index in [0.717, 1.165) is 145 Å². The van der Waals surface area contributed by atoms with E-state index in [2.05, 4.69) is 80.4 Å². The lowest BCUT2D eigenvalue weighted by atomic mass is 10.1. The molecule has 17 rings (SSSR count). The normalized spacial score (nSPS) is 14.1. The number of anilines is 5. The van der Waals surface area contributed by atoms with Gasteiger partial charge in [0, 0.05) is 131 Å². The van der Waals surface area contributed by atoms with Gasteiger partial charge < -0.3 is 62.9 Å². The van der Waals surface area contributed by atoms with Crippen LogP contribution in [0.5, 0.6) is 11.5 Å². The molecule has 3 N–H and O–H groups in total. The number of nitrogens with two attached hydrogens (primary N) is 1. The number of imidazole rings is 5. The number of piperidine rings is 4. The van der Waals surface area contributed by atoms with E-state index < -0.39 is 5.97 Å². The van der Waals surface area contributed by atoms with Gasteiger partial charge in [-0.2, -0.15) is 0 Å². The van der Waals surface area contributed by atoms with E-state index in [-0.39, 0.29) is 68.0 Å². The molecule has 4 saturated heterocycles. The molecule has 4 aliphatic rings. The summed E-state index contributed by atoms with van der Waals surface area (Å²) in [6, 6.07) is 14.3. The highest BCUT2D eigenvalue weighted by Crippen LogP contribution is 2.37. The number of benzene rings is 2. The molecular weight excluding hydrogens is 1720 g/mol. The third kappa shape index (κ3) is 22.7. The molecule has 15 heterocycles. The van der Waals surface area contributed by atoms with Crippen molar-refractivity contribution in [3.05, 3.63) is 182 Å². The van der Waals surface area contributed by atoms with Gasteiger partial charge in [0.05, 0.1) is 135 Å². The molecule has 646 valence electrons. The number of ether oxygens (including phenoxy) is 5. The summed E-state index contributed by atoms with van der Waals surface area (Å²) >= 11 is 28.3. The number of Topliss-reactive ketones (excluding diaryl/α,β-unsaturated/α-hetero) is 1. The lowest BCUT2D eigenvalue weighted by Gasteiger charge is -2.28. The van der Waals surface area contributed by atoms with Crippen LogP contribution in [0, 0.1) is 0 Å². The first kappa shape index (κ1) is 89.2.